The van der Waals surface area contributed by atoms with Crippen LogP contribution in [0.25, 0.3) is 0 Å². The summed E-state index contributed by atoms with van der Waals surface area (Å²) in [7, 11) is 0. The second-order valence-electron chi connectivity index (χ2n) is 4.51. The first-order chi connectivity index (χ1) is 5.80. The number of alkyl halides is 1. The summed E-state index contributed by atoms with van der Waals surface area (Å²) in [5.74, 6) is -0.101. The Hall–Kier alpha value is 0.360. The summed E-state index contributed by atoms with van der Waals surface area (Å²) >= 11 is 2.23. The summed E-state index contributed by atoms with van der Waals surface area (Å²) < 4.78 is 0.912. The van der Waals surface area contributed by atoms with E-state index in [1.807, 2.05) is 20.8 Å². The van der Waals surface area contributed by atoms with Crippen molar-refractivity contribution in [3.05, 3.63) is 0 Å². The minimum atomic E-state index is -0.528. The number of rotatable bonds is 4. The Morgan fingerprint density at radius 1 is 1.46 bits per heavy atom. The molecule has 13 heavy (non-hydrogen) atoms. The molecule has 0 radical (unpaired) electrons. The minimum Gasteiger partial charge on any atom is -0.392 e. The highest BCUT2D eigenvalue weighted by molar-refractivity contribution is 14.1. The predicted molar refractivity (Wildman–Crippen MR) is 63.1 cm³/mol. The van der Waals surface area contributed by atoms with E-state index < -0.39 is 6.10 Å². The van der Waals surface area contributed by atoms with Crippen LogP contribution in [0.5, 0.6) is 0 Å². The molecule has 0 aromatic carbocycles. The van der Waals surface area contributed by atoms with Crippen LogP contribution in [0.1, 0.15) is 34.1 Å². The average Bonchev–Trinajstić information content (AvgIpc) is 1.96. The highest BCUT2D eigenvalue weighted by atomic mass is 127. The lowest BCUT2D eigenvalue weighted by molar-refractivity contribution is -0.127. The summed E-state index contributed by atoms with van der Waals surface area (Å²) in [4.78, 5) is 11.3. The molecule has 0 aliphatic heterocycles. The molecule has 2 atom stereocenters. The molecule has 0 spiro atoms. The van der Waals surface area contributed by atoms with Gasteiger partial charge in [-0.2, -0.15) is 0 Å². The van der Waals surface area contributed by atoms with Gasteiger partial charge in [0.2, 0.25) is 0 Å². The standard InChI is InChI=1S/C10H19IO2/c1-7(12)8(5-6-11)9(13)10(2,3)4/h8-9,13H,5-6H2,1-4H3/t8-,9-/m0/s1. The SMILES string of the molecule is CC(=O)[C@H](CCI)[C@H](O)C(C)(C)C. The van der Waals surface area contributed by atoms with E-state index in [-0.39, 0.29) is 17.1 Å². The smallest absolute Gasteiger partial charge is 0.135 e. The van der Waals surface area contributed by atoms with Crippen molar-refractivity contribution in [3.8, 4) is 0 Å². The van der Waals surface area contributed by atoms with Crippen molar-refractivity contribution in [2.45, 2.75) is 40.2 Å². The van der Waals surface area contributed by atoms with Gasteiger partial charge in [-0.25, -0.2) is 0 Å². The van der Waals surface area contributed by atoms with Gasteiger partial charge in [0.05, 0.1) is 6.10 Å². The molecule has 0 unspecified atom stereocenters. The third kappa shape index (κ3) is 4.40. The molecule has 0 saturated carbocycles. The van der Waals surface area contributed by atoms with E-state index >= 15 is 0 Å². The van der Waals surface area contributed by atoms with Gasteiger partial charge in [0.25, 0.3) is 0 Å². The van der Waals surface area contributed by atoms with E-state index in [9.17, 15) is 9.90 Å². The molecule has 0 rings (SSSR count). The average molecular weight is 298 g/mol. The fourth-order valence-corrected chi connectivity index (χ4v) is 1.98. The summed E-state index contributed by atoms with van der Waals surface area (Å²) in [5, 5.41) is 9.92. The van der Waals surface area contributed by atoms with Crippen LogP contribution in [0.15, 0.2) is 0 Å². The Bertz CT molecular complexity index is 172. The number of aliphatic hydroxyl groups excluding tert-OH is 1. The first-order valence-electron chi connectivity index (χ1n) is 4.55. The molecule has 3 heteroatoms. The monoisotopic (exact) mass is 298 g/mol. The Morgan fingerprint density at radius 2 is 1.92 bits per heavy atom. The van der Waals surface area contributed by atoms with E-state index in [2.05, 4.69) is 22.6 Å². The van der Waals surface area contributed by atoms with Crippen LogP contribution in [0.4, 0.5) is 0 Å². The molecule has 0 heterocycles. The van der Waals surface area contributed by atoms with Crippen LogP contribution in [0, 0.1) is 11.3 Å². The number of ketones is 1. The van der Waals surface area contributed by atoms with E-state index in [4.69, 9.17) is 0 Å². The number of carbonyl (C=O) groups is 1. The summed E-state index contributed by atoms with van der Waals surface area (Å²) in [5.41, 5.74) is -0.206. The molecular formula is C10H19IO2. The number of carbonyl (C=O) groups excluding carboxylic acids is 1. The molecule has 0 aliphatic carbocycles. The van der Waals surface area contributed by atoms with Gasteiger partial charge in [-0.1, -0.05) is 43.4 Å². The fourth-order valence-electron chi connectivity index (χ4n) is 1.30. The molecule has 0 aromatic rings. The zero-order valence-electron chi connectivity index (χ0n) is 8.80. The molecular weight excluding hydrogens is 279 g/mol. The Balaban J connectivity index is 4.46. The maximum Gasteiger partial charge on any atom is 0.135 e. The van der Waals surface area contributed by atoms with Crippen LogP contribution in [-0.4, -0.2) is 21.4 Å². The third-order valence-corrected chi connectivity index (χ3v) is 2.83. The van der Waals surface area contributed by atoms with E-state index in [0.717, 1.165) is 10.8 Å². The van der Waals surface area contributed by atoms with Crippen molar-refractivity contribution in [1.29, 1.82) is 0 Å². The molecule has 2 nitrogen and oxygen atoms in total. The zero-order chi connectivity index (χ0) is 10.6. The van der Waals surface area contributed by atoms with Gasteiger partial charge in [-0.15, -0.1) is 0 Å². The van der Waals surface area contributed by atoms with E-state index in [1.54, 1.807) is 6.92 Å². The number of hydrogen-bond acceptors (Lipinski definition) is 2. The molecule has 0 aliphatic rings. The second-order valence-corrected chi connectivity index (χ2v) is 5.58. The van der Waals surface area contributed by atoms with Crippen molar-refractivity contribution < 1.29 is 9.90 Å². The molecule has 0 fully saturated rings. The number of hydrogen-bond donors (Lipinski definition) is 1. The Kier molecular flexibility index (Phi) is 5.44. The lowest BCUT2D eigenvalue weighted by atomic mass is 9.79. The lowest BCUT2D eigenvalue weighted by Crippen LogP contribution is -2.37. The lowest BCUT2D eigenvalue weighted by Gasteiger charge is -2.31. The summed E-state index contributed by atoms with van der Waals surface area (Å²) in [6, 6.07) is 0. The molecule has 1 N–H and O–H groups in total. The van der Waals surface area contributed by atoms with Gasteiger partial charge in [-0.3, -0.25) is 4.79 Å². The van der Waals surface area contributed by atoms with Gasteiger partial charge in [0, 0.05) is 10.3 Å². The summed E-state index contributed by atoms with van der Waals surface area (Å²) in [6.07, 6.45) is 0.244. The minimum absolute atomic E-state index is 0.0964. The van der Waals surface area contributed by atoms with E-state index in [0.29, 0.717) is 0 Å². The Morgan fingerprint density at radius 3 is 2.15 bits per heavy atom. The van der Waals surface area contributed by atoms with Crippen LogP contribution in [0.3, 0.4) is 0 Å². The van der Waals surface area contributed by atoms with Crippen LogP contribution < -0.4 is 0 Å². The first-order valence-corrected chi connectivity index (χ1v) is 6.07. The Labute approximate surface area is 94.2 Å². The predicted octanol–water partition coefficient (Wildman–Crippen LogP) is 2.42. The van der Waals surface area contributed by atoms with Gasteiger partial charge in [-0.05, 0) is 18.8 Å². The second kappa shape index (κ2) is 5.29. The van der Waals surface area contributed by atoms with E-state index in [1.165, 1.54) is 0 Å². The molecule has 0 saturated heterocycles. The topological polar surface area (TPSA) is 37.3 Å². The van der Waals surface area contributed by atoms with Gasteiger partial charge < -0.3 is 5.11 Å². The highest BCUT2D eigenvalue weighted by Gasteiger charge is 2.32. The van der Waals surface area contributed by atoms with Crippen molar-refractivity contribution in [1.82, 2.24) is 0 Å². The summed E-state index contributed by atoms with van der Waals surface area (Å²) in [6.45, 7) is 7.44. The molecule has 0 aromatic heterocycles. The maximum atomic E-state index is 11.3. The van der Waals surface area contributed by atoms with Crippen molar-refractivity contribution >= 4 is 28.4 Å². The van der Waals surface area contributed by atoms with Crippen molar-refractivity contribution in [3.63, 3.8) is 0 Å². The van der Waals surface area contributed by atoms with Crippen molar-refractivity contribution in [2.24, 2.45) is 11.3 Å². The van der Waals surface area contributed by atoms with Crippen molar-refractivity contribution in [2.75, 3.05) is 4.43 Å². The maximum absolute atomic E-state index is 11.3. The zero-order valence-corrected chi connectivity index (χ0v) is 11.0. The van der Waals surface area contributed by atoms with Gasteiger partial charge in [0.15, 0.2) is 0 Å². The van der Waals surface area contributed by atoms with Gasteiger partial charge in [0.1, 0.15) is 5.78 Å². The molecule has 0 amide bonds. The third-order valence-electron chi connectivity index (χ3n) is 2.21. The fraction of sp³-hybridized carbons (Fsp3) is 0.900. The molecule has 0 bridgehead atoms. The number of halogens is 1. The number of aliphatic hydroxyl groups is 1. The number of Topliss-reactive ketones (excluding diaryl/α,β-unsaturated/α-hetero) is 1. The van der Waals surface area contributed by atoms with Crippen LogP contribution in [0.2, 0.25) is 0 Å². The van der Waals surface area contributed by atoms with Gasteiger partial charge >= 0.3 is 0 Å². The molecule has 78 valence electrons. The highest BCUT2D eigenvalue weighted by Crippen LogP contribution is 2.28. The van der Waals surface area contributed by atoms with Crippen LogP contribution in [-0.2, 0) is 4.79 Å². The normalized spacial score (nSPS) is 16.8. The first kappa shape index (κ1) is 13.4. The van der Waals surface area contributed by atoms with Crippen LogP contribution >= 0.6 is 22.6 Å². The largest absolute Gasteiger partial charge is 0.392 e. The quantitative estimate of drug-likeness (QED) is 0.639.